The lowest BCUT2D eigenvalue weighted by atomic mass is 9.67. The Labute approximate surface area is 167 Å². The fraction of sp³-hybridized carbons (Fsp3) is 0.636. The minimum atomic E-state index is -0.0778. The molecule has 1 aliphatic carbocycles. The number of carbonyl (C=O) groups excluding carboxylic acids is 2. The van der Waals surface area contributed by atoms with Gasteiger partial charge in [0.15, 0.2) is 5.58 Å². The first kappa shape index (κ1) is 20.5. The van der Waals surface area contributed by atoms with Gasteiger partial charge in [-0.1, -0.05) is 20.8 Å². The third-order valence-corrected chi connectivity index (χ3v) is 5.80. The van der Waals surface area contributed by atoms with Crippen molar-refractivity contribution in [2.45, 2.75) is 53.4 Å². The zero-order valence-corrected chi connectivity index (χ0v) is 17.5. The number of H-pyrrole nitrogens is 1. The number of nitrogens with one attached hydrogen (secondary N) is 2. The van der Waals surface area contributed by atoms with Gasteiger partial charge < -0.3 is 19.6 Å². The number of carbonyl (C=O) groups is 2. The van der Waals surface area contributed by atoms with Crippen molar-refractivity contribution in [1.82, 2.24) is 15.2 Å². The average Bonchev–Trinajstić information content (AvgIpc) is 3.18. The van der Waals surface area contributed by atoms with Gasteiger partial charge in [-0.15, -0.1) is 0 Å². The quantitative estimate of drug-likeness (QED) is 0.748. The van der Waals surface area contributed by atoms with Gasteiger partial charge in [0, 0.05) is 38.2 Å². The van der Waals surface area contributed by atoms with Gasteiger partial charge in [0.05, 0.1) is 11.8 Å². The van der Waals surface area contributed by atoms with Crippen molar-refractivity contribution in [3.8, 4) is 0 Å². The number of nitrogens with zero attached hydrogens (tertiary/aromatic N) is 1. The van der Waals surface area contributed by atoms with E-state index in [0.717, 1.165) is 18.4 Å². The largest absolute Gasteiger partial charge is 0.463 e. The standard InChI is InChI=1S/C22H33N3O3/c1-5-25(21(27)18-12-19-17(24-18)6-9-28-19)8-7-23-20(26)11-16-10-15(2)13-22(3,4)14-16/h6,9,12,15-16,24H,5,7-8,10-11,13-14H2,1-4H3,(H,23,26). The molecular formula is C22H33N3O3. The minimum Gasteiger partial charge on any atom is -0.463 e. The molecule has 2 aromatic heterocycles. The Morgan fingerprint density at radius 1 is 1.36 bits per heavy atom. The van der Waals surface area contributed by atoms with Gasteiger partial charge in [0.1, 0.15) is 5.69 Å². The number of likely N-dealkylation sites (N-methyl/N-ethyl adjacent to an activating group) is 1. The predicted octanol–water partition coefficient (Wildman–Crippen LogP) is 4.19. The van der Waals surface area contributed by atoms with Crippen molar-refractivity contribution in [2.24, 2.45) is 17.3 Å². The number of aromatic amines is 1. The molecule has 1 saturated carbocycles. The van der Waals surface area contributed by atoms with Crippen molar-refractivity contribution in [1.29, 1.82) is 0 Å². The summed E-state index contributed by atoms with van der Waals surface area (Å²) in [5.74, 6) is 1.15. The van der Waals surface area contributed by atoms with Gasteiger partial charge in [-0.25, -0.2) is 0 Å². The number of aromatic nitrogens is 1. The molecule has 2 N–H and O–H groups in total. The fourth-order valence-corrected chi connectivity index (χ4v) is 4.90. The van der Waals surface area contributed by atoms with Crippen LogP contribution in [0.1, 0.15) is 63.9 Å². The second-order valence-corrected chi connectivity index (χ2v) is 9.10. The highest BCUT2D eigenvalue weighted by Gasteiger charge is 2.32. The lowest BCUT2D eigenvalue weighted by molar-refractivity contribution is -0.122. The summed E-state index contributed by atoms with van der Waals surface area (Å²) in [5.41, 5.74) is 2.33. The van der Waals surface area contributed by atoms with Crippen LogP contribution in [0.15, 0.2) is 22.8 Å². The maximum atomic E-state index is 12.7. The molecule has 0 radical (unpaired) electrons. The Morgan fingerprint density at radius 2 is 2.14 bits per heavy atom. The molecule has 6 nitrogen and oxygen atoms in total. The monoisotopic (exact) mass is 387 g/mol. The third kappa shape index (κ3) is 4.97. The first-order chi connectivity index (χ1) is 13.3. The Balaban J connectivity index is 1.46. The first-order valence-corrected chi connectivity index (χ1v) is 10.4. The maximum Gasteiger partial charge on any atom is 0.270 e. The summed E-state index contributed by atoms with van der Waals surface area (Å²) in [4.78, 5) is 29.9. The minimum absolute atomic E-state index is 0.0778. The second kappa shape index (κ2) is 8.41. The van der Waals surface area contributed by atoms with Crippen molar-refractivity contribution < 1.29 is 14.0 Å². The molecule has 0 aliphatic heterocycles. The van der Waals surface area contributed by atoms with Gasteiger partial charge in [0.2, 0.25) is 5.91 Å². The summed E-state index contributed by atoms with van der Waals surface area (Å²) < 4.78 is 5.31. The van der Waals surface area contributed by atoms with Gasteiger partial charge in [-0.05, 0) is 43.4 Å². The highest BCUT2D eigenvalue weighted by Crippen LogP contribution is 2.42. The molecule has 0 spiro atoms. The summed E-state index contributed by atoms with van der Waals surface area (Å²) >= 11 is 0. The summed E-state index contributed by atoms with van der Waals surface area (Å²) in [7, 11) is 0. The number of rotatable bonds is 7. The third-order valence-electron chi connectivity index (χ3n) is 5.80. The van der Waals surface area contributed by atoms with Crippen LogP contribution in [0.25, 0.3) is 11.1 Å². The highest BCUT2D eigenvalue weighted by molar-refractivity contribution is 5.96. The summed E-state index contributed by atoms with van der Waals surface area (Å²) in [6.45, 7) is 10.4. The summed E-state index contributed by atoms with van der Waals surface area (Å²) in [6, 6.07) is 3.53. The number of furan rings is 1. The molecule has 2 amide bonds. The Bertz CT molecular complexity index is 791. The van der Waals surface area contributed by atoms with Crippen LogP contribution in [0, 0.1) is 17.3 Å². The van der Waals surface area contributed by atoms with Crippen molar-refractivity contribution in [2.75, 3.05) is 19.6 Å². The Kier molecular flexibility index (Phi) is 6.16. The molecule has 2 unspecified atom stereocenters. The van der Waals surface area contributed by atoms with E-state index in [4.69, 9.17) is 4.42 Å². The molecule has 0 saturated heterocycles. The van der Waals surface area contributed by atoms with Crippen LogP contribution < -0.4 is 5.32 Å². The topological polar surface area (TPSA) is 78.3 Å². The van der Waals surface area contributed by atoms with Gasteiger partial charge >= 0.3 is 0 Å². The zero-order chi connectivity index (χ0) is 20.3. The summed E-state index contributed by atoms with van der Waals surface area (Å²) in [5, 5.41) is 3.00. The van der Waals surface area contributed by atoms with Gasteiger partial charge in [0.25, 0.3) is 5.91 Å². The van der Waals surface area contributed by atoms with E-state index in [2.05, 4.69) is 31.1 Å². The van der Waals surface area contributed by atoms with Crippen LogP contribution in [0.2, 0.25) is 0 Å². The Morgan fingerprint density at radius 3 is 2.82 bits per heavy atom. The molecule has 28 heavy (non-hydrogen) atoms. The van der Waals surface area contributed by atoms with E-state index in [0.29, 0.717) is 54.6 Å². The first-order valence-electron chi connectivity index (χ1n) is 10.4. The SMILES string of the molecule is CCN(CCNC(=O)CC1CC(C)CC(C)(C)C1)C(=O)c1cc2occc2[nH]1. The van der Waals surface area contributed by atoms with Crippen LogP contribution in [-0.2, 0) is 4.79 Å². The number of fused-ring (bicyclic) bond motifs is 1. The average molecular weight is 388 g/mol. The molecular weight excluding hydrogens is 354 g/mol. The van der Waals surface area contributed by atoms with Crippen molar-refractivity contribution in [3.63, 3.8) is 0 Å². The van der Waals surface area contributed by atoms with Gasteiger partial charge in [-0.2, -0.15) is 0 Å². The highest BCUT2D eigenvalue weighted by atomic mass is 16.3. The molecule has 3 rings (SSSR count). The van der Waals surface area contributed by atoms with E-state index in [-0.39, 0.29) is 11.8 Å². The normalized spacial score (nSPS) is 21.6. The van der Waals surface area contributed by atoms with Crippen LogP contribution in [0.4, 0.5) is 0 Å². The van der Waals surface area contributed by atoms with Crippen LogP contribution in [0.5, 0.6) is 0 Å². The lowest BCUT2D eigenvalue weighted by Crippen LogP contribution is -2.39. The molecule has 2 atom stereocenters. The smallest absolute Gasteiger partial charge is 0.270 e. The molecule has 2 aromatic rings. The molecule has 0 bridgehead atoms. The Hall–Kier alpha value is -2.24. The zero-order valence-electron chi connectivity index (χ0n) is 17.5. The van der Waals surface area contributed by atoms with E-state index in [9.17, 15) is 9.59 Å². The molecule has 1 fully saturated rings. The van der Waals surface area contributed by atoms with Crippen LogP contribution in [-0.4, -0.2) is 41.3 Å². The van der Waals surface area contributed by atoms with E-state index in [1.54, 1.807) is 23.3 Å². The van der Waals surface area contributed by atoms with E-state index in [1.165, 1.54) is 6.42 Å². The second-order valence-electron chi connectivity index (χ2n) is 9.10. The number of hydrogen-bond acceptors (Lipinski definition) is 3. The van der Waals surface area contributed by atoms with Gasteiger partial charge in [-0.3, -0.25) is 9.59 Å². The van der Waals surface area contributed by atoms with E-state index in [1.807, 2.05) is 6.92 Å². The molecule has 1 aliphatic rings. The van der Waals surface area contributed by atoms with E-state index >= 15 is 0 Å². The van der Waals surface area contributed by atoms with Crippen molar-refractivity contribution >= 4 is 22.9 Å². The maximum absolute atomic E-state index is 12.7. The molecule has 2 heterocycles. The molecule has 0 aromatic carbocycles. The fourth-order valence-electron chi connectivity index (χ4n) is 4.90. The van der Waals surface area contributed by atoms with Crippen LogP contribution >= 0.6 is 0 Å². The number of amides is 2. The van der Waals surface area contributed by atoms with Crippen LogP contribution in [0.3, 0.4) is 0 Å². The predicted molar refractivity (Wildman–Crippen MR) is 110 cm³/mol. The van der Waals surface area contributed by atoms with Crippen molar-refractivity contribution in [3.05, 3.63) is 24.1 Å². The molecule has 6 heteroatoms. The summed E-state index contributed by atoms with van der Waals surface area (Å²) in [6.07, 6.45) is 5.65. The lowest BCUT2D eigenvalue weighted by Gasteiger charge is -2.38. The molecule has 154 valence electrons. The van der Waals surface area contributed by atoms with E-state index < -0.39 is 0 Å². The number of hydrogen-bond donors (Lipinski definition) is 2.